The van der Waals surface area contributed by atoms with E-state index in [1.165, 1.54) is 0 Å². The number of hydrogen-bond acceptors (Lipinski definition) is 2. The van der Waals surface area contributed by atoms with Crippen molar-refractivity contribution in [2.75, 3.05) is 19.6 Å². The average molecular weight is 181 g/mol. The van der Waals surface area contributed by atoms with Crippen LogP contribution in [0.1, 0.15) is 13.3 Å². The van der Waals surface area contributed by atoms with Gasteiger partial charge in [0.25, 0.3) is 0 Å². The number of aliphatic carboxylic acids is 1. The highest BCUT2D eigenvalue weighted by molar-refractivity contribution is 5.87. The van der Waals surface area contributed by atoms with Gasteiger partial charge in [0.15, 0.2) is 0 Å². The summed E-state index contributed by atoms with van der Waals surface area (Å²) in [7, 11) is 0. The van der Waals surface area contributed by atoms with Gasteiger partial charge in [0.2, 0.25) is 0 Å². The molecule has 1 heterocycles. The fourth-order valence-electron chi connectivity index (χ4n) is 1.48. The van der Waals surface area contributed by atoms with Gasteiger partial charge in [-0.1, -0.05) is 18.2 Å². The quantitative estimate of drug-likeness (QED) is 0.667. The molecule has 1 rings (SSSR count). The Hall–Kier alpha value is -1.09. The third-order valence-corrected chi connectivity index (χ3v) is 2.00. The molecule has 0 unspecified atom stereocenters. The molecule has 0 atom stereocenters. The molecule has 3 heteroatoms. The molecule has 0 radical (unpaired) electrons. The van der Waals surface area contributed by atoms with Gasteiger partial charge in [0.05, 0.1) is 0 Å². The summed E-state index contributed by atoms with van der Waals surface area (Å²) in [5, 5.41) is 8.77. The Morgan fingerprint density at radius 1 is 1.77 bits per heavy atom. The van der Waals surface area contributed by atoms with Crippen molar-refractivity contribution < 1.29 is 9.90 Å². The van der Waals surface area contributed by atoms with E-state index in [9.17, 15) is 4.79 Å². The summed E-state index contributed by atoms with van der Waals surface area (Å²) in [5.74, 6) is -0.800. The zero-order chi connectivity index (χ0) is 9.84. The monoisotopic (exact) mass is 181 g/mol. The van der Waals surface area contributed by atoms with E-state index in [0.717, 1.165) is 25.1 Å². The van der Waals surface area contributed by atoms with Gasteiger partial charge in [-0.15, -0.1) is 0 Å². The van der Waals surface area contributed by atoms with Gasteiger partial charge < -0.3 is 5.11 Å². The number of hydrogen-bond donors (Lipinski definition) is 1. The largest absolute Gasteiger partial charge is 0.478 e. The van der Waals surface area contributed by atoms with E-state index in [1.54, 1.807) is 6.08 Å². The maximum atomic E-state index is 10.7. The van der Waals surface area contributed by atoms with Crippen molar-refractivity contribution in [2.45, 2.75) is 13.3 Å². The highest BCUT2D eigenvalue weighted by Gasteiger charge is 2.16. The fraction of sp³-hybridized carbons (Fsp3) is 0.500. The van der Waals surface area contributed by atoms with E-state index in [1.807, 2.05) is 6.92 Å². The number of rotatable bonds is 3. The van der Waals surface area contributed by atoms with E-state index in [0.29, 0.717) is 12.1 Å². The van der Waals surface area contributed by atoms with Crippen molar-refractivity contribution in [3.8, 4) is 0 Å². The lowest BCUT2D eigenvalue weighted by Crippen LogP contribution is -2.33. The van der Waals surface area contributed by atoms with E-state index in [4.69, 9.17) is 5.11 Å². The standard InChI is InChI=1S/C10H15NO2/c1-8(2)6-11-5-3-4-9(7-11)10(12)13/h4H,1,3,5-7H2,2H3,(H,12,13). The molecule has 0 amide bonds. The zero-order valence-electron chi connectivity index (χ0n) is 7.92. The van der Waals surface area contributed by atoms with Crippen LogP contribution in [0.15, 0.2) is 23.8 Å². The number of nitrogens with zero attached hydrogens (tertiary/aromatic N) is 1. The van der Waals surface area contributed by atoms with Gasteiger partial charge in [0, 0.05) is 25.2 Å². The summed E-state index contributed by atoms with van der Waals surface area (Å²) in [5.41, 5.74) is 1.58. The number of carboxylic acids is 1. The molecule has 72 valence electrons. The van der Waals surface area contributed by atoms with E-state index in [-0.39, 0.29) is 0 Å². The molecule has 1 aliphatic heterocycles. The van der Waals surface area contributed by atoms with Gasteiger partial charge in [-0.25, -0.2) is 4.79 Å². The lowest BCUT2D eigenvalue weighted by Gasteiger charge is -2.25. The maximum absolute atomic E-state index is 10.7. The SMILES string of the molecule is C=C(C)CN1CCC=C(C(=O)O)C1. The molecule has 0 fully saturated rings. The summed E-state index contributed by atoms with van der Waals surface area (Å²) in [6.45, 7) is 8.04. The molecule has 1 N–H and O–H groups in total. The van der Waals surface area contributed by atoms with Crippen LogP contribution in [0.3, 0.4) is 0 Å². The second-order valence-corrected chi connectivity index (χ2v) is 3.49. The Labute approximate surface area is 78.4 Å². The van der Waals surface area contributed by atoms with Crippen LogP contribution in [-0.4, -0.2) is 35.6 Å². The van der Waals surface area contributed by atoms with E-state index < -0.39 is 5.97 Å². The van der Waals surface area contributed by atoms with Crippen LogP contribution in [0.25, 0.3) is 0 Å². The van der Waals surface area contributed by atoms with Crippen molar-refractivity contribution >= 4 is 5.97 Å². The predicted molar refractivity (Wildman–Crippen MR) is 51.6 cm³/mol. The third-order valence-electron chi connectivity index (χ3n) is 2.00. The lowest BCUT2D eigenvalue weighted by molar-refractivity contribution is -0.133. The van der Waals surface area contributed by atoms with Crippen molar-refractivity contribution in [3.05, 3.63) is 23.8 Å². The summed E-state index contributed by atoms with van der Waals surface area (Å²) in [6, 6.07) is 0. The second kappa shape index (κ2) is 4.23. The molecule has 1 aliphatic rings. The van der Waals surface area contributed by atoms with Gasteiger partial charge in [-0.05, 0) is 13.3 Å². The van der Waals surface area contributed by atoms with Gasteiger partial charge in [-0.3, -0.25) is 4.90 Å². The van der Waals surface area contributed by atoms with Crippen LogP contribution >= 0.6 is 0 Å². The highest BCUT2D eigenvalue weighted by Crippen LogP contribution is 2.10. The van der Waals surface area contributed by atoms with Crippen LogP contribution in [0.2, 0.25) is 0 Å². The van der Waals surface area contributed by atoms with Crippen molar-refractivity contribution in [1.29, 1.82) is 0 Å². The van der Waals surface area contributed by atoms with E-state index >= 15 is 0 Å². The zero-order valence-corrected chi connectivity index (χ0v) is 7.92. The number of carboxylic acid groups (broad SMARTS) is 1. The third kappa shape index (κ3) is 3.03. The van der Waals surface area contributed by atoms with Gasteiger partial charge >= 0.3 is 5.97 Å². The molecule has 0 aromatic carbocycles. The second-order valence-electron chi connectivity index (χ2n) is 3.49. The molecule has 3 nitrogen and oxygen atoms in total. The molecular weight excluding hydrogens is 166 g/mol. The summed E-state index contributed by atoms with van der Waals surface area (Å²) < 4.78 is 0. The Morgan fingerprint density at radius 2 is 2.46 bits per heavy atom. The van der Waals surface area contributed by atoms with Gasteiger partial charge in [-0.2, -0.15) is 0 Å². The summed E-state index contributed by atoms with van der Waals surface area (Å²) >= 11 is 0. The Kier molecular flexibility index (Phi) is 3.25. The Morgan fingerprint density at radius 3 is 3.00 bits per heavy atom. The normalized spacial score (nSPS) is 18.1. The van der Waals surface area contributed by atoms with E-state index in [2.05, 4.69) is 11.5 Å². The van der Waals surface area contributed by atoms with Crippen LogP contribution in [0.4, 0.5) is 0 Å². The average Bonchev–Trinajstić information content (AvgIpc) is 2.03. The fourth-order valence-corrected chi connectivity index (χ4v) is 1.48. The molecule has 0 spiro atoms. The first-order valence-corrected chi connectivity index (χ1v) is 4.38. The Bertz CT molecular complexity index is 256. The van der Waals surface area contributed by atoms with Crippen LogP contribution in [-0.2, 0) is 4.79 Å². The smallest absolute Gasteiger partial charge is 0.332 e. The first kappa shape index (κ1) is 9.99. The minimum absolute atomic E-state index is 0.507. The molecule has 0 aromatic heterocycles. The van der Waals surface area contributed by atoms with Crippen LogP contribution in [0.5, 0.6) is 0 Å². The van der Waals surface area contributed by atoms with Crippen molar-refractivity contribution in [3.63, 3.8) is 0 Å². The number of carbonyl (C=O) groups is 1. The van der Waals surface area contributed by atoms with Crippen molar-refractivity contribution in [1.82, 2.24) is 4.90 Å². The Balaban J connectivity index is 2.52. The molecule has 13 heavy (non-hydrogen) atoms. The summed E-state index contributed by atoms with van der Waals surface area (Å²) in [6.07, 6.45) is 2.63. The van der Waals surface area contributed by atoms with Crippen LogP contribution in [0, 0.1) is 0 Å². The highest BCUT2D eigenvalue weighted by atomic mass is 16.4. The minimum atomic E-state index is -0.800. The molecule has 0 bridgehead atoms. The lowest BCUT2D eigenvalue weighted by atomic mass is 10.1. The van der Waals surface area contributed by atoms with Crippen LogP contribution < -0.4 is 0 Å². The topological polar surface area (TPSA) is 40.5 Å². The first-order chi connectivity index (χ1) is 6.09. The minimum Gasteiger partial charge on any atom is -0.478 e. The predicted octanol–water partition coefficient (Wildman–Crippen LogP) is 1.28. The summed E-state index contributed by atoms with van der Waals surface area (Å²) in [4.78, 5) is 12.8. The van der Waals surface area contributed by atoms with Crippen molar-refractivity contribution in [2.24, 2.45) is 0 Å². The van der Waals surface area contributed by atoms with Gasteiger partial charge in [0.1, 0.15) is 0 Å². The molecule has 0 saturated carbocycles. The molecule has 0 saturated heterocycles. The maximum Gasteiger partial charge on any atom is 0.332 e. The molecular formula is C10H15NO2. The molecule has 0 aliphatic carbocycles. The molecule has 0 aromatic rings. The first-order valence-electron chi connectivity index (χ1n) is 4.38.